The maximum absolute atomic E-state index is 12.2. The Kier molecular flexibility index (Phi) is 4.84. The van der Waals surface area contributed by atoms with E-state index in [9.17, 15) is 8.42 Å². The molecular weight excluding hydrogens is 284 g/mol. The van der Waals surface area contributed by atoms with Gasteiger partial charge in [-0.25, -0.2) is 13.1 Å². The largest absolute Gasteiger partial charge is 0.316 e. The number of rotatable bonds is 5. The lowest BCUT2D eigenvalue weighted by atomic mass is 10.1. The third-order valence-electron chi connectivity index (χ3n) is 3.51. The Balaban J connectivity index is 1.99. The molecule has 0 bridgehead atoms. The van der Waals surface area contributed by atoms with Crippen molar-refractivity contribution in [1.82, 2.24) is 10.0 Å². The van der Waals surface area contributed by atoms with Crippen LogP contribution in [0.25, 0.3) is 0 Å². The Morgan fingerprint density at radius 2 is 2.26 bits per heavy atom. The van der Waals surface area contributed by atoms with Crippen LogP contribution in [0, 0.1) is 12.8 Å². The minimum Gasteiger partial charge on any atom is -0.316 e. The van der Waals surface area contributed by atoms with Gasteiger partial charge in [-0.3, -0.25) is 0 Å². The lowest BCUT2D eigenvalue weighted by Gasteiger charge is -2.12. The van der Waals surface area contributed by atoms with Crippen LogP contribution in [0.3, 0.4) is 0 Å². The molecule has 0 unspecified atom stereocenters. The smallest absolute Gasteiger partial charge is 0.240 e. The molecule has 1 fully saturated rings. The number of sulfonamides is 1. The molecule has 0 aliphatic carbocycles. The van der Waals surface area contributed by atoms with Gasteiger partial charge in [-0.05, 0) is 56.5 Å². The average molecular weight is 303 g/mol. The molecule has 6 heteroatoms. The highest BCUT2D eigenvalue weighted by molar-refractivity contribution is 7.89. The molecule has 4 nitrogen and oxygen atoms in total. The first-order valence-electron chi connectivity index (χ1n) is 6.46. The first-order valence-corrected chi connectivity index (χ1v) is 8.32. The molecule has 2 rings (SSSR count). The van der Waals surface area contributed by atoms with E-state index >= 15 is 0 Å². The van der Waals surface area contributed by atoms with Crippen molar-refractivity contribution in [1.29, 1.82) is 0 Å². The van der Waals surface area contributed by atoms with E-state index < -0.39 is 10.0 Å². The normalized spacial score (nSPS) is 19.8. The summed E-state index contributed by atoms with van der Waals surface area (Å²) in [6.07, 6.45) is 1.99. The summed E-state index contributed by atoms with van der Waals surface area (Å²) in [6, 6.07) is 4.94. The zero-order chi connectivity index (χ0) is 13.9. The van der Waals surface area contributed by atoms with Crippen molar-refractivity contribution >= 4 is 21.6 Å². The summed E-state index contributed by atoms with van der Waals surface area (Å²) in [5.41, 5.74) is 0.596. The minimum atomic E-state index is -3.46. The van der Waals surface area contributed by atoms with E-state index in [1.807, 2.05) is 0 Å². The van der Waals surface area contributed by atoms with E-state index in [2.05, 4.69) is 10.0 Å². The summed E-state index contributed by atoms with van der Waals surface area (Å²) in [6.45, 7) is 4.21. The van der Waals surface area contributed by atoms with Crippen molar-refractivity contribution in [3.63, 3.8) is 0 Å². The Bertz CT molecular complexity index is 540. The van der Waals surface area contributed by atoms with Gasteiger partial charge in [0.2, 0.25) is 10.0 Å². The zero-order valence-corrected chi connectivity index (χ0v) is 12.5. The Hall–Kier alpha value is -0.620. The van der Waals surface area contributed by atoms with Gasteiger partial charge in [0.15, 0.2) is 0 Å². The third kappa shape index (κ3) is 3.69. The van der Waals surface area contributed by atoms with Gasteiger partial charge in [-0.1, -0.05) is 17.7 Å². The number of halogens is 1. The Morgan fingerprint density at radius 1 is 1.47 bits per heavy atom. The second kappa shape index (κ2) is 6.22. The first-order chi connectivity index (χ1) is 9.00. The average Bonchev–Trinajstić information content (AvgIpc) is 2.85. The number of hydrogen-bond donors (Lipinski definition) is 2. The van der Waals surface area contributed by atoms with Crippen molar-refractivity contribution in [2.75, 3.05) is 19.6 Å². The predicted molar refractivity (Wildman–Crippen MR) is 77.0 cm³/mol. The SMILES string of the molecule is Cc1c(Cl)cccc1S(=O)(=O)NCC[C@H]1CCNC1. The van der Waals surface area contributed by atoms with Crippen LogP contribution in [0.2, 0.25) is 5.02 Å². The summed E-state index contributed by atoms with van der Waals surface area (Å²) in [4.78, 5) is 0.268. The molecule has 19 heavy (non-hydrogen) atoms. The summed E-state index contributed by atoms with van der Waals surface area (Å²) in [7, 11) is -3.46. The van der Waals surface area contributed by atoms with Gasteiger partial charge in [0.05, 0.1) is 4.90 Å². The van der Waals surface area contributed by atoms with E-state index in [1.54, 1.807) is 25.1 Å². The van der Waals surface area contributed by atoms with E-state index in [0.29, 0.717) is 23.0 Å². The highest BCUT2D eigenvalue weighted by Crippen LogP contribution is 2.22. The standard InChI is InChI=1S/C13H19ClN2O2S/c1-10-12(14)3-2-4-13(10)19(17,18)16-8-6-11-5-7-15-9-11/h2-4,11,15-16H,5-9H2,1H3/t11-/m1/s1. The van der Waals surface area contributed by atoms with Crippen LogP contribution in [0.5, 0.6) is 0 Å². The molecule has 0 amide bonds. The molecule has 1 aromatic carbocycles. The van der Waals surface area contributed by atoms with Gasteiger partial charge in [0.25, 0.3) is 0 Å². The van der Waals surface area contributed by atoms with Crippen LogP contribution < -0.4 is 10.0 Å². The number of nitrogens with one attached hydrogen (secondary N) is 2. The molecule has 1 atom stereocenters. The molecule has 1 aliphatic rings. The van der Waals surface area contributed by atoms with E-state index in [4.69, 9.17) is 11.6 Å². The topological polar surface area (TPSA) is 58.2 Å². The summed E-state index contributed by atoms with van der Waals surface area (Å²) >= 11 is 5.96. The van der Waals surface area contributed by atoms with Gasteiger partial charge in [0, 0.05) is 11.6 Å². The number of hydrogen-bond acceptors (Lipinski definition) is 3. The molecule has 1 saturated heterocycles. The molecule has 1 aliphatic heterocycles. The summed E-state index contributed by atoms with van der Waals surface area (Å²) in [5, 5.41) is 3.75. The van der Waals surface area contributed by atoms with Crippen molar-refractivity contribution in [3.8, 4) is 0 Å². The monoisotopic (exact) mass is 302 g/mol. The maximum atomic E-state index is 12.2. The molecule has 2 N–H and O–H groups in total. The van der Waals surface area contributed by atoms with E-state index in [1.165, 1.54) is 0 Å². The maximum Gasteiger partial charge on any atom is 0.240 e. The summed E-state index contributed by atoms with van der Waals surface area (Å²) in [5.74, 6) is 0.572. The van der Waals surface area contributed by atoms with Crippen LogP contribution in [0.15, 0.2) is 23.1 Å². The minimum absolute atomic E-state index is 0.268. The van der Waals surface area contributed by atoms with Crippen molar-refractivity contribution < 1.29 is 8.42 Å². The quantitative estimate of drug-likeness (QED) is 0.874. The van der Waals surface area contributed by atoms with Gasteiger partial charge < -0.3 is 5.32 Å². The van der Waals surface area contributed by atoms with Crippen LogP contribution in [-0.4, -0.2) is 28.1 Å². The molecule has 0 aromatic heterocycles. The van der Waals surface area contributed by atoms with Crippen LogP contribution >= 0.6 is 11.6 Å². The van der Waals surface area contributed by atoms with Crippen molar-refractivity contribution in [2.45, 2.75) is 24.7 Å². The molecule has 106 valence electrons. The Morgan fingerprint density at radius 3 is 2.95 bits per heavy atom. The van der Waals surface area contributed by atoms with Crippen LogP contribution in [-0.2, 0) is 10.0 Å². The molecule has 1 aromatic rings. The van der Waals surface area contributed by atoms with Gasteiger partial charge in [0.1, 0.15) is 0 Å². The lowest BCUT2D eigenvalue weighted by molar-refractivity contribution is 0.519. The van der Waals surface area contributed by atoms with E-state index in [0.717, 1.165) is 25.9 Å². The number of benzene rings is 1. The molecule has 0 spiro atoms. The summed E-state index contributed by atoms with van der Waals surface area (Å²) < 4.78 is 27.0. The Labute approximate surface area is 119 Å². The predicted octanol–water partition coefficient (Wildman–Crippen LogP) is 1.93. The van der Waals surface area contributed by atoms with Gasteiger partial charge in [-0.2, -0.15) is 0 Å². The first kappa shape index (κ1) is 14.8. The highest BCUT2D eigenvalue weighted by atomic mass is 35.5. The van der Waals surface area contributed by atoms with Crippen molar-refractivity contribution in [2.24, 2.45) is 5.92 Å². The lowest BCUT2D eigenvalue weighted by Crippen LogP contribution is -2.27. The molecule has 0 saturated carbocycles. The van der Waals surface area contributed by atoms with Gasteiger partial charge >= 0.3 is 0 Å². The second-order valence-corrected chi connectivity index (χ2v) is 7.05. The van der Waals surface area contributed by atoms with Crippen LogP contribution in [0.4, 0.5) is 0 Å². The van der Waals surface area contributed by atoms with Gasteiger partial charge in [-0.15, -0.1) is 0 Å². The van der Waals surface area contributed by atoms with E-state index in [-0.39, 0.29) is 4.90 Å². The molecule has 1 heterocycles. The van der Waals surface area contributed by atoms with Crippen molar-refractivity contribution in [3.05, 3.63) is 28.8 Å². The fourth-order valence-electron chi connectivity index (χ4n) is 2.31. The zero-order valence-electron chi connectivity index (χ0n) is 10.9. The fourth-order valence-corrected chi connectivity index (χ4v) is 3.86. The molecular formula is C13H19ClN2O2S. The van der Waals surface area contributed by atoms with Crippen LogP contribution in [0.1, 0.15) is 18.4 Å². The second-order valence-electron chi connectivity index (χ2n) is 4.91. The highest BCUT2D eigenvalue weighted by Gasteiger charge is 2.19. The fraction of sp³-hybridized carbons (Fsp3) is 0.538. The molecule has 0 radical (unpaired) electrons. The third-order valence-corrected chi connectivity index (χ3v) is 5.53.